The Morgan fingerprint density at radius 3 is 2.70 bits per heavy atom. The third kappa shape index (κ3) is 5.50. The Balaban J connectivity index is 2.13. The molecule has 0 saturated carbocycles. The molecule has 7 heteroatoms. The Morgan fingerprint density at radius 1 is 1.30 bits per heavy atom. The zero-order valence-electron chi connectivity index (χ0n) is 12.9. The summed E-state index contributed by atoms with van der Waals surface area (Å²) in [7, 11) is 0. The van der Waals surface area contributed by atoms with Crippen molar-refractivity contribution < 1.29 is 9.53 Å². The van der Waals surface area contributed by atoms with Crippen molar-refractivity contribution in [3.63, 3.8) is 0 Å². The van der Waals surface area contributed by atoms with Gasteiger partial charge in [-0.3, -0.25) is 9.69 Å². The number of benzene rings is 1. The summed E-state index contributed by atoms with van der Waals surface area (Å²) in [6.45, 7) is 3.30. The molecule has 0 aliphatic carbocycles. The molecule has 0 amide bonds. The van der Waals surface area contributed by atoms with Crippen LogP contribution in [0.25, 0.3) is 0 Å². The van der Waals surface area contributed by atoms with Gasteiger partial charge in [0.2, 0.25) is 5.95 Å². The normalized spacial score (nSPS) is 10.7. The number of halogens is 1. The van der Waals surface area contributed by atoms with E-state index in [2.05, 4.69) is 9.97 Å². The van der Waals surface area contributed by atoms with Crippen molar-refractivity contribution in [3.05, 3.63) is 52.8 Å². The van der Waals surface area contributed by atoms with Crippen LogP contribution in [0.4, 0.5) is 5.95 Å². The Hall–Kier alpha value is -2.18. The minimum atomic E-state index is -0.282. The molecule has 1 aromatic carbocycles. The lowest BCUT2D eigenvalue weighted by atomic mass is 10.2. The monoisotopic (exact) mass is 334 g/mol. The van der Waals surface area contributed by atoms with Crippen LogP contribution < -0.4 is 5.73 Å². The molecule has 2 rings (SSSR count). The lowest BCUT2D eigenvalue weighted by Gasteiger charge is -2.21. The predicted octanol–water partition coefficient (Wildman–Crippen LogP) is 2.28. The fourth-order valence-corrected chi connectivity index (χ4v) is 2.34. The molecule has 1 aromatic heterocycles. The molecule has 1 heterocycles. The van der Waals surface area contributed by atoms with Crippen molar-refractivity contribution in [1.29, 1.82) is 0 Å². The predicted molar refractivity (Wildman–Crippen MR) is 88.6 cm³/mol. The first-order valence-electron chi connectivity index (χ1n) is 7.27. The van der Waals surface area contributed by atoms with E-state index in [9.17, 15) is 4.79 Å². The second-order valence-electron chi connectivity index (χ2n) is 4.98. The summed E-state index contributed by atoms with van der Waals surface area (Å²) in [6, 6.07) is 9.86. The second-order valence-corrected chi connectivity index (χ2v) is 5.34. The maximum Gasteiger partial charge on any atom is 0.320 e. The lowest BCUT2D eigenvalue weighted by Crippen LogP contribution is -2.30. The van der Waals surface area contributed by atoms with Crippen molar-refractivity contribution in [1.82, 2.24) is 14.9 Å². The number of aromatic nitrogens is 2. The SMILES string of the molecule is CCOC(=O)CN(Cc1ccccc1)Cc1cnc(N)nc1Cl. The van der Waals surface area contributed by atoms with Crippen LogP contribution in [0.1, 0.15) is 18.1 Å². The molecule has 0 aliphatic heterocycles. The van der Waals surface area contributed by atoms with Gasteiger partial charge in [0, 0.05) is 24.8 Å². The smallest absolute Gasteiger partial charge is 0.320 e. The van der Waals surface area contributed by atoms with Crippen LogP contribution in [0.2, 0.25) is 5.15 Å². The van der Waals surface area contributed by atoms with Crippen molar-refractivity contribution >= 4 is 23.5 Å². The Labute approximate surface area is 140 Å². The van der Waals surface area contributed by atoms with Gasteiger partial charge in [0.15, 0.2) is 0 Å². The summed E-state index contributed by atoms with van der Waals surface area (Å²) in [4.78, 5) is 21.6. The zero-order chi connectivity index (χ0) is 16.7. The largest absolute Gasteiger partial charge is 0.465 e. The molecule has 0 atom stereocenters. The molecule has 23 heavy (non-hydrogen) atoms. The fraction of sp³-hybridized carbons (Fsp3) is 0.312. The number of anilines is 1. The third-order valence-corrected chi connectivity index (χ3v) is 3.46. The van der Waals surface area contributed by atoms with Crippen LogP contribution >= 0.6 is 11.6 Å². The van der Waals surface area contributed by atoms with Gasteiger partial charge in [0.05, 0.1) is 13.2 Å². The molecule has 2 aromatic rings. The van der Waals surface area contributed by atoms with Crippen LogP contribution in [-0.4, -0.2) is 34.0 Å². The van der Waals surface area contributed by atoms with Crippen molar-refractivity contribution in [3.8, 4) is 0 Å². The van der Waals surface area contributed by atoms with Gasteiger partial charge in [-0.15, -0.1) is 0 Å². The number of esters is 1. The highest BCUT2D eigenvalue weighted by Crippen LogP contribution is 2.17. The molecule has 0 bridgehead atoms. The van der Waals surface area contributed by atoms with Crippen LogP contribution in [-0.2, 0) is 22.6 Å². The third-order valence-electron chi connectivity index (χ3n) is 3.13. The molecule has 6 nitrogen and oxygen atoms in total. The van der Waals surface area contributed by atoms with Crippen LogP contribution in [0.5, 0.6) is 0 Å². The van der Waals surface area contributed by atoms with Gasteiger partial charge in [-0.2, -0.15) is 0 Å². The summed E-state index contributed by atoms with van der Waals surface area (Å²) >= 11 is 6.10. The summed E-state index contributed by atoms with van der Waals surface area (Å²) in [5.41, 5.74) is 7.30. The van der Waals surface area contributed by atoms with Gasteiger partial charge in [-0.25, -0.2) is 9.97 Å². The van der Waals surface area contributed by atoms with Crippen LogP contribution in [0, 0.1) is 0 Å². The number of nitrogens with zero attached hydrogens (tertiary/aromatic N) is 3. The van der Waals surface area contributed by atoms with Gasteiger partial charge >= 0.3 is 5.97 Å². The molecule has 0 unspecified atom stereocenters. The van der Waals surface area contributed by atoms with Gasteiger partial charge < -0.3 is 10.5 Å². The first-order chi connectivity index (χ1) is 11.1. The molecule has 0 radical (unpaired) electrons. The van der Waals surface area contributed by atoms with Crippen molar-refractivity contribution in [2.24, 2.45) is 0 Å². The zero-order valence-corrected chi connectivity index (χ0v) is 13.7. The summed E-state index contributed by atoms with van der Waals surface area (Å²) in [5.74, 6) is -0.158. The van der Waals surface area contributed by atoms with E-state index in [4.69, 9.17) is 22.1 Å². The lowest BCUT2D eigenvalue weighted by molar-refractivity contribution is -0.144. The topological polar surface area (TPSA) is 81.3 Å². The Morgan fingerprint density at radius 2 is 2.04 bits per heavy atom. The summed E-state index contributed by atoms with van der Waals surface area (Å²) < 4.78 is 5.03. The fourth-order valence-electron chi connectivity index (χ4n) is 2.14. The number of nitrogens with two attached hydrogens (primary N) is 1. The number of carbonyl (C=O) groups excluding carboxylic acids is 1. The van der Waals surface area contributed by atoms with E-state index in [1.165, 1.54) is 0 Å². The minimum Gasteiger partial charge on any atom is -0.465 e. The van der Waals surface area contributed by atoms with Gasteiger partial charge in [-0.05, 0) is 12.5 Å². The van der Waals surface area contributed by atoms with E-state index >= 15 is 0 Å². The standard InChI is InChI=1S/C16H19ClN4O2/c1-2-23-14(22)11-21(9-12-6-4-3-5-7-12)10-13-8-19-16(18)20-15(13)17/h3-8H,2,9-11H2,1H3,(H2,18,19,20). The molecular weight excluding hydrogens is 316 g/mol. The highest BCUT2D eigenvalue weighted by Gasteiger charge is 2.15. The average Bonchev–Trinajstić information content (AvgIpc) is 2.51. The highest BCUT2D eigenvalue weighted by molar-refractivity contribution is 6.30. The van der Waals surface area contributed by atoms with Crippen LogP contribution in [0.15, 0.2) is 36.5 Å². The number of carbonyl (C=O) groups is 1. The molecule has 0 spiro atoms. The minimum absolute atomic E-state index is 0.124. The maximum atomic E-state index is 11.8. The number of nitrogen functional groups attached to an aromatic ring is 1. The van der Waals surface area contributed by atoms with Gasteiger partial charge in [0.1, 0.15) is 5.15 Å². The molecule has 0 aliphatic rings. The number of ether oxygens (including phenoxy) is 1. The molecule has 2 N–H and O–H groups in total. The molecular formula is C16H19ClN4O2. The van der Waals surface area contributed by atoms with Crippen molar-refractivity contribution in [2.75, 3.05) is 18.9 Å². The molecule has 0 saturated heterocycles. The van der Waals surface area contributed by atoms with Gasteiger partial charge in [-0.1, -0.05) is 41.9 Å². The van der Waals surface area contributed by atoms with E-state index in [1.54, 1.807) is 13.1 Å². The Kier molecular flexibility index (Phi) is 6.31. The van der Waals surface area contributed by atoms with E-state index in [0.717, 1.165) is 5.56 Å². The number of rotatable bonds is 7. The average molecular weight is 335 g/mol. The van der Waals surface area contributed by atoms with Crippen LogP contribution in [0.3, 0.4) is 0 Å². The van der Waals surface area contributed by atoms with E-state index in [0.29, 0.717) is 30.4 Å². The summed E-state index contributed by atoms with van der Waals surface area (Å²) in [6.07, 6.45) is 1.58. The quantitative estimate of drug-likeness (QED) is 0.618. The first kappa shape index (κ1) is 17.2. The Bertz CT molecular complexity index is 652. The number of hydrogen-bond donors (Lipinski definition) is 1. The first-order valence-corrected chi connectivity index (χ1v) is 7.65. The molecule has 122 valence electrons. The van der Waals surface area contributed by atoms with E-state index < -0.39 is 0 Å². The number of hydrogen-bond acceptors (Lipinski definition) is 6. The van der Waals surface area contributed by atoms with Gasteiger partial charge in [0.25, 0.3) is 0 Å². The maximum absolute atomic E-state index is 11.8. The highest BCUT2D eigenvalue weighted by atomic mass is 35.5. The van der Waals surface area contributed by atoms with E-state index in [1.807, 2.05) is 35.2 Å². The van der Waals surface area contributed by atoms with Crippen molar-refractivity contribution in [2.45, 2.75) is 20.0 Å². The molecule has 0 fully saturated rings. The second kappa shape index (κ2) is 8.45. The summed E-state index contributed by atoms with van der Waals surface area (Å²) in [5, 5.41) is 0.291. The van der Waals surface area contributed by atoms with E-state index in [-0.39, 0.29) is 18.5 Å².